The monoisotopic (exact) mass is 300 g/mol. The number of aryl methyl sites for hydroxylation is 1. The second-order valence-corrected chi connectivity index (χ2v) is 6.47. The van der Waals surface area contributed by atoms with Crippen molar-refractivity contribution in [3.8, 4) is 20.3 Å². The zero-order valence-corrected chi connectivity index (χ0v) is 12.5. The van der Waals surface area contributed by atoms with Gasteiger partial charge < -0.3 is 4.79 Å². The fourth-order valence-electron chi connectivity index (χ4n) is 1.91. The van der Waals surface area contributed by atoms with Gasteiger partial charge in [0.15, 0.2) is 0 Å². The fourth-order valence-corrected chi connectivity index (χ4v) is 3.97. The van der Waals surface area contributed by atoms with Gasteiger partial charge in [0.2, 0.25) is 0 Å². The van der Waals surface area contributed by atoms with Crippen molar-refractivity contribution in [3.63, 3.8) is 0 Å². The average molecular weight is 300 g/mol. The van der Waals surface area contributed by atoms with Gasteiger partial charge in [-0.2, -0.15) is 0 Å². The Morgan fingerprint density at radius 3 is 2.80 bits per heavy atom. The molecular weight excluding hydrogens is 288 g/mol. The summed E-state index contributed by atoms with van der Waals surface area (Å²) in [5, 5.41) is 0.986. The SMILES string of the molecule is Cc1nc(-c2ccc(-c3cccnc3)s2)sc1CC=O. The Morgan fingerprint density at radius 2 is 2.05 bits per heavy atom. The third kappa shape index (κ3) is 2.55. The van der Waals surface area contributed by atoms with Crippen LogP contribution >= 0.6 is 22.7 Å². The summed E-state index contributed by atoms with van der Waals surface area (Å²) in [4.78, 5) is 22.7. The second-order valence-electron chi connectivity index (χ2n) is 4.30. The van der Waals surface area contributed by atoms with Crippen LogP contribution < -0.4 is 0 Å². The molecule has 5 heteroatoms. The van der Waals surface area contributed by atoms with Crippen LogP contribution in [-0.2, 0) is 11.2 Å². The number of nitrogens with zero attached hydrogens (tertiary/aromatic N) is 2. The molecule has 0 aliphatic rings. The summed E-state index contributed by atoms with van der Waals surface area (Å²) in [5.74, 6) is 0. The molecule has 0 atom stereocenters. The number of carbonyl (C=O) groups is 1. The van der Waals surface area contributed by atoms with Crippen LogP contribution in [0.15, 0.2) is 36.7 Å². The van der Waals surface area contributed by atoms with Crippen molar-refractivity contribution in [3.05, 3.63) is 47.2 Å². The van der Waals surface area contributed by atoms with Gasteiger partial charge in [-0.25, -0.2) is 4.98 Å². The minimum Gasteiger partial charge on any atom is -0.303 e. The molecule has 3 aromatic heterocycles. The first kappa shape index (κ1) is 13.1. The van der Waals surface area contributed by atoms with Crippen LogP contribution in [-0.4, -0.2) is 16.3 Å². The van der Waals surface area contributed by atoms with Gasteiger partial charge in [0.05, 0.1) is 10.6 Å². The standard InChI is InChI=1S/C15H12N2OS2/c1-10-12(6-8-18)20-15(17-10)14-5-4-13(19-14)11-3-2-7-16-9-11/h2-5,7-9H,6H2,1H3. The van der Waals surface area contributed by atoms with E-state index in [1.54, 1.807) is 28.9 Å². The van der Waals surface area contributed by atoms with E-state index in [0.717, 1.165) is 32.3 Å². The Kier molecular flexibility index (Phi) is 3.71. The van der Waals surface area contributed by atoms with E-state index in [1.165, 1.54) is 4.88 Å². The Morgan fingerprint density at radius 1 is 1.20 bits per heavy atom. The summed E-state index contributed by atoms with van der Waals surface area (Å²) in [6, 6.07) is 8.15. The first-order chi connectivity index (χ1) is 9.78. The largest absolute Gasteiger partial charge is 0.303 e. The molecule has 0 aliphatic heterocycles. The van der Waals surface area contributed by atoms with Crippen molar-refractivity contribution in [1.29, 1.82) is 0 Å². The molecule has 0 aromatic carbocycles. The molecule has 0 saturated heterocycles. The molecule has 0 aliphatic carbocycles. The number of pyridine rings is 1. The van der Waals surface area contributed by atoms with E-state index in [0.29, 0.717) is 6.42 Å². The van der Waals surface area contributed by atoms with Crippen molar-refractivity contribution in [2.75, 3.05) is 0 Å². The highest BCUT2D eigenvalue weighted by molar-refractivity contribution is 7.23. The van der Waals surface area contributed by atoms with Crippen LogP contribution in [0.1, 0.15) is 10.6 Å². The highest BCUT2D eigenvalue weighted by Crippen LogP contribution is 2.36. The van der Waals surface area contributed by atoms with Crippen LogP contribution in [0.4, 0.5) is 0 Å². The van der Waals surface area contributed by atoms with E-state index < -0.39 is 0 Å². The zero-order valence-electron chi connectivity index (χ0n) is 10.9. The molecule has 0 amide bonds. The lowest BCUT2D eigenvalue weighted by atomic mass is 10.2. The molecule has 0 radical (unpaired) electrons. The van der Waals surface area contributed by atoms with Crippen LogP contribution in [0.3, 0.4) is 0 Å². The lowest BCUT2D eigenvalue weighted by molar-refractivity contribution is -0.107. The van der Waals surface area contributed by atoms with Gasteiger partial charge in [-0.3, -0.25) is 4.98 Å². The van der Waals surface area contributed by atoms with Crippen molar-refractivity contribution in [1.82, 2.24) is 9.97 Å². The Balaban J connectivity index is 1.94. The predicted octanol–water partition coefficient (Wildman–Crippen LogP) is 3.98. The highest BCUT2D eigenvalue weighted by atomic mass is 32.1. The van der Waals surface area contributed by atoms with E-state index >= 15 is 0 Å². The molecular formula is C15H12N2OS2. The fraction of sp³-hybridized carbons (Fsp3) is 0.133. The molecule has 0 fully saturated rings. The number of aldehydes is 1. The van der Waals surface area contributed by atoms with Gasteiger partial charge in [-0.1, -0.05) is 6.07 Å². The molecule has 3 rings (SSSR count). The Bertz CT molecular complexity index is 731. The van der Waals surface area contributed by atoms with Gasteiger partial charge in [-0.15, -0.1) is 22.7 Å². The minimum absolute atomic E-state index is 0.449. The predicted molar refractivity (Wildman–Crippen MR) is 83.2 cm³/mol. The lowest BCUT2D eigenvalue weighted by Gasteiger charge is -1.93. The van der Waals surface area contributed by atoms with E-state index in [-0.39, 0.29) is 0 Å². The maximum atomic E-state index is 10.6. The van der Waals surface area contributed by atoms with Crippen LogP contribution in [0.5, 0.6) is 0 Å². The van der Waals surface area contributed by atoms with E-state index in [9.17, 15) is 4.79 Å². The molecule has 100 valence electrons. The third-order valence-corrected chi connectivity index (χ3v) is 5.41. The number of thiophene rings is 1. The minimum atomic E-state index is 0.449. The van der Waals surface area contributed by atoms with Crippen molar-refractivity contribution in [2.24, 2.45) is 0 Å². The van der Waals surface area contributed by atoms with Crippen molar-refractivity contribution in [2.45, 2.75) is 13.3 Å². The van der Waals surface area contributed by atoms with Gasteiger partial charge in [0.25, 0.3) is 0 Å². The van der Waals surface area contributed by atoms with Gasteiger partial charge >= 0.3 is 0 Å². The summed E-state index contributed by atoms with van der Waals surface area (Å²) in [7, 11) is 0. The summed E-state index contributed by atoms with van der Waals surface area (Å²) < 4.78 is 0. The first-order valence-electron chi connectivity index (χ1n) is 6.18. The number of carbonyl (C=O) groups excluding carboxylic acids is 1. The van der Waals surface area contributed by atoms with Crippen LogP contribution in [0.25, 0.3) is 20.3 Å². The zero-order chi connectivity index (χ0) is 13.9. The Hall–Kier alpha value is -1.85. The molecule has 0 saturated carbocycles. The maximum absolute atomic E-state index is 10.6. The van der Waals surface area contributed by atoms with Gasteiger partial charge in [0.1, 0.15) is 11.3 Å². The first-order valence-corrected chi connectivity index (χ1v) is 7.82. The van der Waals surface area contributed by atoms with E-state index in [4.69, 9.17) is 0 Å². The molecule has 0 bridgehead atoms. The summed E-state index contributed by atoms with van der Waals surface area (Å²) in [6.45, 7) is 1.95. The summed E-state index contributed by atoms with van der Waals surface area (Å²) >= 11 is 3.30. The van der Waals surface area contributed by atoms with Crippen LogP contribution in [0, 0.1) is 6.92 Å². The molecule has 0 unspecified atom stereocenters. The molecule has 3 aromatic rings. The third-order valence-electron chi connectivity index (χ3n) is 2.92. The number of hydrogen-bond acceptors (Lipinski definition) is 5. The highest BCUT2D eigenvalue weighted by Gasteiger charge is 2.11. The molecule has 0 spiro atoms. The number of thiazole rings is 1. The molecule has 0 N–H and O–H groups in total. The normalized spacial score (nSPS) is 10.7. The molecule has 3 nitrogen and oxygen atoms in total. The number of aromatic nitrogens is 2. The summed E-state index contributed by atoms with van der Waals surface area (Å²) in [5.41, 5.74) is 2.07. The second kappa shape index (κ2) is 5.64. The van der Waals surface area contributed by atoms with E-state index in [2.05, 4.69) is 22.1 Å². The number of hydrogen-bond donors (Lipinski definition) is 0. The van der Waals surface area contributed by atoms with Crippen LogP contribution in [0.2, 0.25) is 0 Å². The quantitative estimate of drug-likeness (QED) is 0.684. The molecule has 20 heavy (non-hydrogen) atoms. The topological polar surface area (TPSA) is 42.9 Å². The lowest BCUT2D eigenvalue weighted by Crippen LogP contribution is -1.83. The van der Waals surface area contributed by atoms with Crippen molar-refractivity contribution >= 4 is 29.0 Å². The molecule has 3 heterocycles. The smallest absolute Gasteiger partial charge is 0.133 e. The van der Waals surface area contributed by atoms with Gasteiger partial charge in [0, 0.05) is 34.1 Å². The Labute approximate surface area is 125 Å². The average Bonchev–Trinajstić information content (AvgIpc) is 3.08. The van der Waals surface area contributed by atoms with Gasteiger partial charge in [-0.05, 0) is 25.1 Å². The van der Waals surface area contributed by atoms with E-state index in [1.807, 2.05) is 25.3 Å². The van der Waals surface area contributed by atoms with Crippen molar-refractivity contribution < 1.29 is 4.79 Å². The number of rotatable bonds is 4. The summed E-state index contributed by atoms with van der Waals surface area (Å²) in [6.07, 6.45) is 5.01. The maximum Gasteiger partial charge on any atom is 0.133 e.